The van der Waals surface area contributed by atoms with Gasteiger partial charge in [-0.3, -0.25) is 4.98 Å². The van der Waals surface area contributed by atoms with Crippen molar-refractivity contribution in [2.45, 2.75) is 52.2 Å². The van der Waals surface area contributed by atoms with Gasteiger partial charge in [-0.05, 0) is 43.4 Å². The maximum absolute atomic E-state index is 5.97. The molecule has 1 aromatic heterocycles. The molecule has 1 aliphatic rings. The lowest BCUT2D eigenvalue weighted by molar-refractivity contribution is 0.0605. The molecule has 0 radical (unpaired) electrons. The van der Waals surface area contributed by atoms with Crippen molar-refractivity contribution in [1.82, 2.24) is 10.3 Å². The smallest absolute Gasteiger partial charge is 0.137 e. The summed E-state index contributed by atoms with van der Waals surface area (Å²) in [4.78, 5) is 4.34. The van der Waals surface area contributed by atoms with Crippen molar-refractivity contribution in [3.8, 4) is 5.75 Å². The van der Waals surface area contributed by atoms with E-state index in [1.165, 1.54) is 0 Å². The second kappa shape index (κ2) is 8.35. The highest BCUT2D eigenvalue weighted by Gasteiger charge is 2.33. The molecule has 0 spiro atoms. The molecule has 0 aromatic carbocycles. The van der Waals surface area contributed by atoms with Gasteiger partial charge < -0.3 is 14.8 Å². The van der Waals surface area contributed by atoms with Crippen molar-refractivity contribution in [1.29, 1.82) is 0 Å². The van der Waals surface area contributed by atoms with Crippen molar-refractivity contribution in [2.24, 2.45) is 5.92 Å². The van der Waals surface area contributed by atoms with Gasteiger partial charge in [0.2, 0.25) is 0 Å². The summed E-state index contributed by atoms with van der Waals surface area (Å²) in [5.74, 6) is 1.42. The first-order chi connectivity index (χ1) is 10.3. The Kier molecular flexibility index (Phi) is 6.46. The minimum Gasteiger partial charge on any atom is -0.492 e. The number of hydrogen-bond acceptors (Lipinski definition) is 4. The fourth-order valence-electron chi connectivity index (χ4n) is 2.77. The van der Waals surface area contributed by atoms with Crippen molar-refractivity contribution < 1.29 is 9.47 Å². The van der Waals surface area contributed by atoms with Gasteiger partial charge in [0.05, 0.1) is 24.9 Å². The summed E-state index contributed by atoms with van der Waals surface area (Å²) in [6.07, 6.45) is 7.19. The Morgan fingerprint density at radius 3 is 2.90 bits per heavy atom. The van der Waals surface area contributed by atoms with E-state index in [1.54, 1.807) is 6.20 Å². The lowest BCUT2D eigenvalue weighted by Gasteiger charge is -2.27. The van der Waals surface area contributed by atoms with Gasteiger partial charge in [-0.25, -0.2) is 0 Å². The van der Waals surface area contributed by atoms with Crippen LogP contribution in [0, 0.1) is 5.92 Å². The van der Waals surface area contributed by atoms with E-state index in [0.29, 0.717) is 5.92 Å². The van der Waals surface area contributed by atoms with Crippen LogP contribution in [0.25, 0.3) is 0 Å². The molecule has 4 heteroatoms. The van der Waals surface area contributed by atoms with Gasteiger partial charge >= 0.3 is 0 Å². The Labute approximate surface area is 128 Å². The van der Waals surface area contributed by atoms with Gasteiger partial charge in [0.15, 0.2) is 0 Å². The van der Waals surface area contributed by atoms with Gasteiger partial charge in [-0.2, -0.15) is 0 Å². The average molecular weight is 292 g/mol. The Morgan fingerprint density at radius 2 is 2.24 bits per heavy atom. The first-order valence-corrected chi connectivity index (χ1v) is 8.19. The number of rotatable bonds is 8. The van der Waals surface area contributed by atoms with E-state index in [1.807, 2.05) is 6.20 Å². The highest BCUT2D eigenvalue weighted by molar-refractivity contribution is 5.27. The van der Waals surface area contributed by atoms with Gasteiger partial charge in [0.1, 0.15) is 5.75 Å². The summed E-state index contributed by atoms with van der Waals surface area (Å²) in [6.45, 7) is 9.13. The molecule has 1 aromatic rings. The van der Waals surface area contributed by atoms with E-state index in [4.69, 9.17) is 9.47 Å². The van der Waals surface area contributed by atoms with E-state index in [-0.39, 0.29) is 12.1 Å². The highest BCUT2D eigenvalue weighted by atomic mass is 16.5. The van der Waals surface area contributed by atoms with Crippen LogP contribution in [0.15, 0.2) is 18.5 Å². The number of hydrogen-bond donors (Lipinski definition) is 1. The molecule has 0 amide bonds. The number of nitrogens with zero attached hydrogens (tertiary/aromatic N) is 1. The third-order valence-corrected chi connectivity index (χ3v) is 3.95. The molecule has 2 heterocycles. The number of pyridine rings is 1. The van der Waals surface area contributed by atoms with Crippen LogP contribution in [0.3, 0.4) is 0 Å². The van der Waals surface area contributed by atoms with Crippen LogP contribution in [-0.2, 0) is 4.74 Å². The van der Waals surface area contributed by atoms with Gasteiger partial charge in [-0.1, -0.05) is 20.8 Å². The summed E-state index contributed by atoms with van der Waals surface area (Å²) in [5.41, 5.74) is 1.16. The summed E-state index contributed by atoms with van der Waals surface area (Å²) < 4.78 is 11.7. The lowest BCUT2D eigenvalue weighted by Crippen LogP contribution is -2.35. The highest BCUT2D eigenvalue weighted by Crippen LogP contribution is 2.32. The Hall–Kier alpha value is -1.13. The van der Waals surface area contributed by atoms with Crippen molar-refractivity contribution >= 4 is 0 Å². The molecule has 4 nitrogen and oxygen atoms in total. The second-order valence-corrected chi connectivity index (χ2v) is 5.84. The second-order valence-electron chi connectivity index (χ2n) is 5.84. The fraction of sp³-hybridized carbons (Fsp3) is 0.706. The summed E-state index contributed by atoms with van der Waals surface area (Å²) >= 11 is 0. The summed E-state index contributed by atoms with van der Waals surface area (Å²) in [6, 6.07) is 2.30. The zero-order valence-corrected chi connectivity index (χ0v) is 13.5. The first kappa shape index (κ1) is 16.2. The van der Waals surface area contributed by atoms with Gasteiger partial charge in [-0.15, -0.1) is 0 Å². The molecule has 3 unspecified atom stereocenters. The van der Waals surface area contributed by atoms with E-state index < -0.39 is 0 Å². The monoisotopic (exact) mass is 292 g/mol. The molecule has 118 valence electrons. The van der Waals surface area contributed by atoms with Crippen LogP contribution in [0.5, 0.6) is 5.75 Å². The summed E-state index contributed by atoms with van der Waals surface area (Å²) in [7, 11) is 0. The van der Waals surface area contributed by atoms with Crippen LogP contribution in [-0.4, -0.2) is 30.8 Å². The minimum atomic E-state index is 0.195. The molecular formula is C17H28N2O2. The molecule has 0 aliphatic carbocycles. The van der Waals surface area contributed by atoms with Gasteiger partial charge in [0.25, 0.3) is 0 Å². The molecule has 1 saturated heterocycles. The SMILES string of the molecule is CCCNC(c1cncc(OCCC)c1)C1OCCC1C. The molecule has 0 saturated carbocycles. The number of ether oxygens (including phenoxy) is 2. The fourth-order valence-corrected chi connectivity index (χ4v) is 2.77. The topological polar surface area (TPSA) is 43.4 Å². The molecule has 2 rings (SSSR count). The van der Waals surface area contributed by atoms with Crippen LogP contribution in [0.2, 0.25) is 0 Å². The Morgan fingerprint density at radius 1 is 1.38 bits per heavy atom. The molecule has 3 atom stereocenters. The predicted octanol–water partition coefficient (Wildman–Crippen LogP) is 3.34. The third kappa shape index (κ3) is 4.42. The van der Waals surface area contributed by atoms with E-state index in [0.717, 1.165) is 50.3 Å². The van der Waals surface area contributed by atoms with Crippen molar-refractivity contribution in [2.75, 3.05) is 19.8 Å². The largest absolute Gasteiger partial charge is 0.492 e. The summed E-state index contributed by atoms with van der Waals surface area (Å²) in [5, 5.41) is 3.62. The maximum atomic E-state index is 5.97. The normalized spacial score (nSPS) is 23.2. The van der Waals surface area contributed by atoms with Crippen LogP contribution in [0.1, 0.15) is 51.6 Å². The molecular weight excluding hydrogens is 264 g/mol. The molecule has 21 heavy (non-hydrogen) atoms. The number of aromatic nitrogens is 1. The standard InChI is InChI=1S/C17H28N2O2/c1-4-7-19-16(17-13(3)6-9-21-17)14-10-15(12-18-11-14)20-8-5-2/h10-13,16-17,19H,4-9H2,1-3H3. The van der Waals surface area contributed by atoms with E-state index in [2.05, 4.69) is 37.1 Å². The quantitative estimate of drug-likeness (QED) is 0.798. The Balaban J connectivity index is 2.15. The van der Waals surface area contributed by atoms with Crippen LogP contribution >= 0.6 is 0 Å². The van der Waals surface area contributed by atoms with Crippen molar-refractivity contribution in [3.05, 3.63) is 24.0 Å². The molecule has 0 bridgehead atoms. The molecule has 1 fully saturated rings. The molecule has 1 aliphatic heterocycles. The van der Waals surface area contributed by atoms with Gasteiger partial charge in [0, 0.05) is 12.8 Å². The third-order valence-electron chi connectivity index (χ3n) is 3.95. The van der Waals surface area contributed by atoms with Crippen LogP contribution < -0.4 is 10.1 Å². The zero-order chi connectivity index (χ0) is 15.1. The zero-order valence-electron chi connectivity index (χ0n) is 13.5. The lowest BCUT2D eigenvalue weighted by atomic mass is 9.93. The minimum absolute atomic E-state index is 0.195. The first-order valence-electron chi connectivity index (χ1n) is 8.19. The van der Waals surface area contributed by atoms with E-state index >= 15 is 0 Å². The van der Waals surface area contributed by atoms with Crippen LogP contribution in [0.4, 0.5) is 0 Å². The predicted molar refractivity (Wildman–Crippen MR) is 84.6 cm³/mol. The van der Waals surface area contributed by atoms with Crippen molar-refractivity contribution in [3.63, 3.8) is 0 Å². The van der Waals surface area contributed by atoms with E-state index in [9.17, 15) is 0 Å². The Bertz CT molecular complexity index is 425. The molecule has 1 N–H and O–H groups in total. The number of nitrogens with one attached hydrogen (secondary N) is 1. The average Bonchev–Trinajstić information content (AvgIpc) is 2.92. The maximum Gasteiger partial charge on any atom is 0.137 e.